The van der Waals surface area contributed by atoms with Crippen LogP contribution in [-0.4, -0.2) is 23.6 Å². The van der Waals surface area contributed by atoms with Gasteiger partial charge >= 0.3 is 0 Å². The van der Waals surface area contributed by atoms with Crippen LogP contribution in [0.15, 0.2) is 29.2 Å². The summed E-state index contributed by atoms with van der Waals surface area (Å²) in [5, 5.41) is 0.307. The molecule has 0 unspecified atom stereocenters. The van der Waals surface area contributed by atoms with Gasteiger partial charge in [0.25, 0.3) is 0 Å². The lowest BCUT2D eigenvalue weighted by molar-refractivity contribution is -0.118. The molecule has 28 heavy (non-hydrogen) atoms. The maximum atomic E-state index is 12.9. The Morgan fingerprint density at radius 1 is 0.893 bits per heavy atom. The lowest BCUT2D eigenvalue weighted by Gasteiger charge is -2.29. The summed E-state index contributed by atoms with van der Waals surface area (Å²) in [6, 6.07) is 8.75. The molecule has 0 spiro atoms. The van der Waals surface area contributed by atoms with Crippen molar-refractivity contribution in [3.8, 4) is 0 Å². The van der Waals surface area contributed by atoms with Crippen LogP contribution in [0.1, 0.15) is 92.1 Å². The second-order valence-corrected chi connectivity index (χ2v) is 14.3. The van der Waals surface area contributed by atoms with Crippen LogP contribution in [0.4, 0.5) is 0 Å². The first-order valence-electron chi connectivity index (χ1n) is 11.5. The molecule has 3 heteroatoms. The average molecular weight is 424 g/mol. The van der Waals surface area contributed by atoms with E-state index in [1.807, 2.05) is 0 Å². The molecule has 0 atom stereocenters. The van der Waals surface area contributed by atoms with Gasteiger partial charge in [0.15, 0.2) is 5.12 Å². The third-order valence-electron chi connectivity index (χ3n) is 6.08. The molecule has 0 aromatic heterocycles. The Bertz CT molecular complexity index is 560. The predicted octanol–water partition coefficient (Wildman–Crippen LogP) is 8.66. The molecule has 0 aliphatic rings. The summed E-state index contributed by atoms with van der Waals surface area (Å²) in [4.78, 5) is 14.1. The molecule has 0 saturated carbocycles. The Morgan fingerprint density at radius 2 is 1.39 bits per heavy atom. The highest BCUT2D eigenvalue weighted by Gasteiger charge is 2.37. The van der Waals surface area contributed by atoms with Crippen LogP contribution in [-0.2, 0) is 11.0 Å². The lowest BCUT2D eigenvalue weighted by Crippen LogP contribution is -2.20. The number of benzene rings is 1. The Labute approximate surface area is 180 Å². The van der Waals surface area contributed by atoms with E-state index in [1.165, 1.54) is 85.4 Å². The third kappa shape index (κ3) is 8.19. The van der Waals surface area contributed by atoms with Gasteiger partial charge in [-0.1, -0.05) is 90.8 Å². The van der Waals surface area contributed by atoms with Crippen molar-refractivity contribution in [2.45, 2.75) is 97.5 Å². The SMILES string of the molecule is CCCC[P+](CCCC)(CCCC)Cc1ccccc1SC(=O)C(C)(C)CC. The maximum absolute atomic E-state index is 12.9. The Morgan fingerprint density at radius 3 is 1.86 bits per heavy atom. The molecule has 0 radical (unpaired) electrons. The van der Waals surface area contributed by atoms with E-state index in [-0.39, 0.29) is 5.41 Å². The van der Waals surface area contributed by atoms with Crippen molar-refractivity contribution in [2.75, 3.05) is 18.5 Å². The standard InChI is InChI=1S/C25H44OPS/c1-7-11-18-27(19-12-8-2,20-13-9-3)21-22-16-14-15-17-23(22)28-24(26)25(5,6)10-4/h14-17H,7-13,18-21H2,1-6H3/q+1. The zero-order valence-electron chi connectivity index (χ0n) is 19.4. The summed E-state index contributed by atoms with van der Waals surface area (Å²) in [5.74, 6) is 0. The number of carbonyl (C=O) groups is 1. The van der Waals surface area contributed by atoms with Crippen LogP contribution in [0.5, 0.6) is 0 Å². The number of thioether (sulfide) groups is 1. The van der Waals surface area contributed by atoms with E-state index in [4.69, 9.17) is 0 Å². The first-order chi connectivity index (χ1) is 13.3. The van der Waals surface area contributed by atoms with E-state index < -0.39 is 7.26 Å². The van der Waals surface area contributed by atoms with Crippen molar-refractivity contribution in [3.05, 3.63) is 29.8 Å². The molecule has 1 rings (SSSR count). The summed E-state index contributed by atoms with van der Waals surface area (Å²) < 4.78 is 0. The van der Waals surface area contributed by atoms with E-state index in [1.54, 1.807) is 0 Å². The summed E-state index contributed by atoms with van der Waals surface area (Å²) >= 11 is 1.49. The average Bonchev–Trinajstić information content (AvgIpc) is 2.70. The summed E-state index contributed by atoms with van der Waals surface area (Å²) in [5.41, 5.74) is 1.18. The van der Waals surface area contributed by atoms with Crippen molar-refractivity contribution in [3.63, 3.8) is 0 Å². The van der Waals surface area contributed by atoms with E-state index in [2.05, 4.69) is 65.8 Å². The monoisotopic (exact) mass is 423 g/mol. The molecular weight excluding hydrogens is 379 g/mol. The van der Waals surface area contributed by atoms with Crippen molar-refractivity contribution >= 4 is 24.1 Å². The highest BCUT2D eigenvalue weighted by atomic mass is 32.2. The van der Waals surface area contributed by atoms with Crippen molar-refractivity contribution < 1.29 is 4.79 Å². The number of hydrogen-bond acceptors (Lipinski definition) is 2. The van der Waals surface area contributed by atoms with E-state index in [0.29, 0.717) is 5.12 Å². The zero-order chi connectivity index (χ0) is 21.0. The van der Waals surface area contributed by atoms with Gasteiger partial charge in [0.1, 0.15) is 0 Å². The molecule has 0 N–H and O–H groups in total. The molecule has 0 bridgehead atoms. The second-order valence-electron chi connectivity index (χ2n) is 8.97. The highest BCUT2D eigenvalue weighted by Crippen LogP contribution is 2.63. The molecule has 1 aromatic rings. The van der Waals surface area contributed by atoms with Gasteiger partial charge in [0.2, 0.25) is 0 Å². The molecule has 0 aliphatic heterocycles. The molecule has 1 aromatic carbocycles. The number of unbranched alkanes of at least 4 members (excludes halogenated alkanes) is 3. The second kappa shape index (κ2) is 13.1. The fourth-order valence-corrected chi connectivity index (χ4v) is 9.78. The molecule has 0 aliphatic carbocycles. The minimum atomic E-state index is -1.01. The quantitative estimate of drug-likeness (QED) is 0.220. The Hall–Kier alpha value is -0.330. The van der Waals surface area contributed by atoms with Gasteiger partial charge in [-0.25, -0.2) is 0 Å². The van der Waals surface area contributed by atoms with Crippen molar-refractivity contribution in [1.29, 1.82) is 0 Å². The van der Waals surface area contributed by atoms with E-state index in [0.717, 1.165) is 6.42 Å². The van der Waals surface area contributed by atoms with Crippen LogP contribution in [0.25, 0.3) is 0 Å². The van der Waals surface area contributed by atoms with Crippen LogP contribution < -0.4 is 0 Å². The predicted molar refractivity (Wildman–Crippen MR) is 131 cm³/mol. The molecular formula is C25H44OPS+. The topological polar surface area (TPSA) is 17.1 Å². The minimum absolute atomic E-state index is 0.253. The van der Waals surface area contributed by atoms with Crippen LogP contribution >= 0.6 is 19.0 Å². The number of rotatable bonds is 14. The summed E-state index contributed by atoms with van der Waals surface area (Å²) in [6.07, 6.45) is 14.4. The van der Waals surface area contributed by atoms with Crippen LogP contribution in [0.2, 0.25) is 0 Å². The summed E-state index contributed by atoms with van der Waals surface area (Å²) in [6.45, 7) is 13.2. The smallest absolute Gasteiger partial charge is 0.199 e. The van der Waals surface area contributed by atoms with Gasteiger partial charge in [-0.2, -0.15) is 0 Å². The van der Waals surface area contributed by atoms with Crippen LogP contribution in [0, 0.1) is 5.41 Å². The normalized spacial score (nSPS) is 12.4. The highest BCUT2D eigenvalue weighted by molar-refractivity contribution is 8.13. The Kier molecular flexibility index (Phi) is 12.0. The van der Waals surface area contributed by atoms with Crippen molar-refractivity contribution in [1.82, 2.24) is 0 Å². The van der Waals surface area contributed by atoms with Gasteiger partial charge in [0.05, 0.1) is 24.6 Å². The van der Waals surface area contributed by atoms with Gasteiger partial charge in [-0.15, -0.1) is 0 Å². The molecule has 160 valence electrons. The molecule has 0 saturated heterocycles. The van der Waals surface area contributed by atoms with Gasteiger partial charge < -0.3 is 0 Å². The van der Waals surface area contributed by atoms with Gasteiger partial charge in [-0.3, -0.25) is 4.79 Å². The molecule has 1 nitrogen and oxygen atoms in total. The van der Waals surface area contributed by atoms with Crippen LogP contribution in [0.3, 0.4) is 0 Å². The first kappa shape index (κ1) is 25.7. The third-order valence-corrected chi connectivity index (χ3v) is 12.2. The maximum Gasteiger partial charge on any atom is 0.199 e. The van der Waals surface area contributed by atoms with E-state index in [9.17, 15) is 4.79 Å². The zero-order valence-corrected chi connectivity index (χ0v) is 21.1. The molecule has 0 heterocycles. The van der Waals surface area contributed by atoms with E-state index >= 15 is 0 Å². The molecule has 0 fully saturated rings. The minimum Gasteiger partial charge on any atom is -0.286 e. The first-order valence-corrected chi connectivity index (χ1v) is 14.8. The van der Waals surface area contributed by atoms with Crippen molar-refractivity contribution in [2.24, 2.45) is 5.41 Å². The fourth-order valence-electron chi connectivity index (χ4n) is 3.53. The Balaban J connectivity index is 3.14. The fraction of sp³-hybridized carbons (Fsp3) is 0.720. The summed E-state index contributed by atoms with van der Waals surface area (Å²) in [7, 11) is -1.01. The number of carbonyl (C=O) groups excluding carboxylic acids is 1. The van der Waals surface area contributed by atoms with Gasteiger partial charge in [0, 0.05) is 23.1 Å². The largest absolute Gasteiger partial charge is 0.286 e. The van der Waals surface area contributed by atoms with Gasteiger partial charge in [-0.05, 0) is 31.7 Å². The lowest BCUT2D eigenvalue weighted by atomic mass is 9.92. The molecule has 0 amide bonds. The number of hydrogen-bond donors (Lipinski definition) is 0.